The van der Waals surface area contributed by atoms with Crippen LogP contribution in [0.3, 0.4) is 0 Å². The van der Waals surface area contributed by atoms with Crippen molar-refractivity contribution in [2.45, 2.75) is 13.1 Å². The standard InChI is InChI=1S/C26H24N2O/c27-17-19-1-5-21(6-2-19)23-9-13-25(14-10-23)29-26-15-11-24(12-16-26)22-7-3-20(18-28)4-8-22/h1-16H,17-18,27-28H2. The van der Waals surface area contributed by atoms with Gasteiger partial charge in [0.2, 0.25) is 0 Å². The van der Waals surface area contributed by atoms with Gasteiger partial charge in [0.25, 0.3) is 0 Å². The first-order chi connectivity index (χ1) is 14.2. The van der Waals surface area contributed by atoms with Crippen LogP contribution in [0.25, 0.3) is 22.3 Å². The summed E-state index contributed by atoms with van der Waals surface area (Å²) in [5.41, 5.74) is 18.2. The Hall–Kier alpha value is -3.40. The van der Waals surface area contributed by atoms with Crippen molar-refractivity contribution in [3.05, 3.63) is 108 Å². The van der Waals surface area contributed by atoms with E-state index in [1.54, 1.807) is 0 Å². The number of benzene rings is 4. The Morgan fingerprint density at radius 3 is 0.966 bits per heavy atom. The lowest BCUT2D eigenvalue weighted by molar-refractivity contribution is 0.483. The van der Waals surface area contributed by atoms with E-state index in [-0.39, 0.29) is 0 Å². The van der Waals surface area contributed by atoms with Gasteiger partial charge in [-0.05, 0) is 57.6 Å². The third-order valence-corrected chi connectivity index (χ3v) is 4.99. The maximum absolute atomic E-state index is 6.00. The van der Waals surface area contributed by atoms with E-state index < -0.39 is 0 Å². The normalized spacial score (nSPS) is 10.7. The minimum atomic E-state index is 0.560. The monoisotopic (exact) mass is 380 g/mol. The summed E-state index contributed by atoms with van der Waals surface area (Å²) < 4.78 is 6.00. The van der Waals surface area contributed by atoms with Crippen LogP contribution >= 0.6 is 0 Å². The van der Waals surface area contributed by atoms with Gasteiger partial charge in [-0.1, -0.05) is 72.8 Å². The van der Waals surface area contributed by atoms with Gasteiger partial charge in [-0.2, -0.15) is 0 Å². The Morgan fingerprint density at radius 2 is 0.690 bits per heavy atom. The molecule has 0 heterocycles. The van der Waals surface area contributed by atoms with Crippen molar-refractivity contribution < 1.29 is 4.74 Å². The number of hydrogen-bond donors (Lipinski definition) is 2. The SMILES string of the molecule is NCc1ccc(-c2ccc(Oc3ccc(-c4ccc(CN)cc4)cc3)cc2)cc1. The molecule has 4 aromatic rings. The van der Waals surface area contributed by atoms with Gasteiger partial charge in [0, 0.05) is 13.1 Å². The van der Waals surface area contributed by atoms with Gasteiger partial charge in [0.05, 0.1) is 0 Å². The van der Waals surface area contributed by atoms with Gasteiger partial charge >= 0.3 is 0 Å². The third kappa shape index (κ3) is 4.54. The topological polar surface area (TPSA) is 61.3 Å². The number of rotatable bonds is 6. The average molecular weight is 380 g/mol. The zero-order chi connectivity index (χ0) is 20.1. The molecule has 29 heavy (non-hydrogen) atoms. The van der Waals surface area contributed by atoms with E-state index in [1.807, 2.05) is 24.3 Å². The van der Waals surface area contributed by atoms with Crippen LogP contribution in [0.5, 0.6) is 11.5 Å². The molecule has 4 rings (SSSR count). The summed E-state index contributed by atoms with van der Waals surface area (Å²) in [6, 6.07) is 32.9. The van der Waals surface area contributed by atoms with Crippen molar-refractivity contribution in [3.63, 3.8) is 0 Å². The molecule has 0 saturated carbocycles. The van der Waals surface area contributed by atoms with E-state index >= 15 is 0 Å². The van der Waals surface area contributed by atoms with E-state index in [4.69, 9.17) is 16.2 Å². The zero-order valence-corrected chi connectivity index (χ0v) is 16.2. The van der Waals surface area contributed by atoms with E-state index in [2.05, 4.69) is 72.8 Å². The van der Waals surface area contributed by atoms with Gasteiger partial charge in [0.15, 0.2) is 0 Å². The molecule has 0 aliphatic heterocycles. The molecule has 0 atom stereocenters. The molecule has 0 aromatic heterocycles. The Labute approximate surface area is 171 Å². The smallest absolute Gasteiger partial charge is 0.127 e. The lowest BCUT2D eigenvalue weighted by Crippen LogP contribution is -1.95. The van der Waals surface area contributed by atoms with Crippen molar-refractivity contribution >= 4 is 0 Å². The molecule has 144 valence electrons. The molecule has 0 unspecified atom stereocenters. The van der Waals surface area contributed by atoms with Crippen molar-refractivity contribution in [2.24, 2.45) is 11.5 Å². The van der Waals surface area contributed by atoms with Gasteiger partial charge in [-0.15, -0.1) is 0 Å². The number of ether oxygens (including phenoxy) is 1. The molecule has 0 aliphatic carbocycles. The summed E-state index contributed by atoms with van der Waals surface area (Å²) in [5.74, 6) is 1.62. The quantitative estimate of drug-likeness (QED) is 0.449. The van der Waals surface area contributed by atoms with E-state index in [1.165, 1.54) is 11.1 Å². The molecule has 0 spiro atoms. The van der Waals surface area contributed by atoms with Crippen molar-refractivity contribution in [1.29, 1.82) is 0 Å². The first-order valence-electron chi connectivity index (χ1n) is 9.72. The molecule has 4 aromatic carbocycles. The van der Waals surface area contributed by atoms with Crippen LogP contribution in [-0.2, 0) is 13.1 Å². The maximum Gasteiger partial charge on any atom is 0.127 e. The van der Waals surface area contributed by atoms with Crippen LogP contribution in [0, 0.1) is 0 Å². The van der Waals surface area contributed by atoms with E-state index in [0.29, 0.717) is 13.1 Å². The Bertz CT molecular complexity index is 963. The van der Waals surface area contributed by atoms with Gasteiger partial charge in [0.1, 0.15) is 11.5 Å². The first-order valence-corrected chi connectivity index (χ1v) is 9.72. The summed E-state index contributed by atoms with van der Waals surface area (Å²) in [6.07, 6.45) is 0. The van der Waals surface area contributed by atoms with E-state index in [9.17, 15) is 0 Å². The average Bonchev–Trinajstić information content (AvgIpc) is 2.80. The highest BCUT2D eigenvalue weighted by Crippen LogP contribution is 2.28. The fourth-order valence-electron chi connectivity index (χ4n) is 3.23. The fraction of sp³-hybridized carbons (Fsp3) is 0.0769. The molecule has 0 amide bonds. The lowest BCUT2D eigenvalue weighted by Gasteiger charge is -2.09. The predicted octanol–water partition coefficient (Wildman–Crippen LogP) is 5.73. The molecule has 0 bridgehead atoms. The summed E-state index contributed by atoms with van der Waals surface area (Å²) in [7, 11) is 0. The van der Waals surface area contributed by atoms with Crippen molar-refractivity contribution in [1.82, 2.24) is 0 Å². The summed E-state index contributed by atoms with van der Waals surface area (Å²) in [4.78, 5) is 0. The molecular formula is C26H24N2O. The molecule has 0 saturated heterocycles. The van der Waals surface area contributed by atoms with Crippen LogP contribution in [0.4, 0.5) is 0 Å². The molecule has 0 fully saturated rings. The summed E-state index contributed by atoms with van der Waals surface area (Å²) in [5, 5.41) is 0. The summed E-state index contributed by atoms with van der Waals surface area (Å²) >= 11 is 0. The van der Waals surface area contributed by atoms with Crippen LogP contribution in [-0.4, -0.2) is 0 Å². The maximum atomic E-state index is 6.00. The third-order valence-electron chi connectivity index (χ3n) is 4.99. The Kier molecular flexibility index (Phi) is 5.71. The van der Waals surface area contributed by atoms with Gasteiger partial charge in [-0.3, -0.25) is 0 Å². The molecule has 3 heteroatoms. The van der Waals surface area contributed by atoms with Gasteiger partial charge < -0.3 is 16.2 Å². The number of nitrogens with two attached hydrogens (primary N) is 2. The molecule has 0 radical (unpaired) electrons. The van der Waals surface area contributed by atoms with E-state index in [0.717, 1.165) is 33.8 Å². The minimum Gasteiger partial charge on any atom is -0.457 e. The molecular weight excluding hydrogens is 356 g/mol. The second kappa shape index (κ2) is 8.74. The highest BCUT2D eigenvalue weighted by molar-refractivity contribution is 5.66. The predicted molar refractivity (Wildman–Crippen MR) is 120 cm³/mol. The van der Waals surface area contributed by atoms with Gasteiger partial charge in [-0.25, -0.2) is 0 Å². The Balaban J connectivity index is 1.44. The molecule has 4 N–H and O–H groups in total. The molecule has 0 aliphatic rings. The summed E-state index contributed by atoms with van der Waals surface area (Å²) in [6.45, 7) is 1.12. The number of hydrogen-bond acceptors (Lipinski definition) is 3. The Morgan fingerprint density at radius 1 is 0.414 bits per heavy atom. The lowest BCUT2D eigenvalue weighted by atomic mass is 10.0. The van der Waals surface area contributed by atoms with Crippen LogP contribution < -0.4 is 16.2 Å². The second-order valence-electron chi connectivity index (χ2n) is 6.95. The van der Waals surface area contributed by atoms with Crippen molar-refractivity contribution in [3.8, 4) is 33.8 Å². The first kappa shape index (κ1) is 18.9. The van der Waals surface area contributed by atoms with Crippen LogP contribution in [0.1, 0.15) is 11.1 Å². The second-order valence-corrected chi connectivity index (χ2v) is 6.95. The fourth-order valence-corrected chi connectivity index (χ4v) is 3.23. The minimum absolute atomic E-state index is 0.560. The van der Waals surface area contributed by atoms with Crippen LogP contribution in [0.15, 0.2) is 97.1 Å². The highest BCUT2D eigenvalue weighted by atomic mass is 16.5. The zero-order valence-electron chi connectivity index (χ0n) is 16.2. The molecule has 3 nitrogen and oxygen atoms in total. The van der Waals surface area contributed by atoms with Crippen molar-refractivity contribution in [2.75, 3.05) is 0 Å². The largest absolute Gasteiger partial charge is 0.457 e. The van der Waals surface area contributed by atoms with Crippen LogP contribution in [0.2, 0.25) is 0 Å². The highest BCUT2D eigenvalue weighted by Gasteiger charge is 2.03.